The highest BCUT2D eigenvalue weighted by Crippen LogP contribution is 2.37. The quantitative estimate of drug-likeness (QED) is 0.279. The van der Waals surface area contributed by atoms with Crippen molar-refractivity contribution in [1.29, 1.82) is 0 Å². The molecular formula is C28H31F5N4O7. The van der Waals surface area contributed by atoms with Crippen LogP contribution in [0, 0.1) is 0 Å². The lowest BCUT2D eigenvalue weighted by Crippen LogP contribution is -2.60. The summed E-state index contributed by atoms with van der Waals surface area (Å²) in [5.74, 6) is -0.391. The van der Waals surface area contributed by atoms with Crippen molar-refractivity contribution in [2.45, 2.75) is 56.8 Å². The Bertz CT molecular complexity index is 1390. The number of anilines is 1. The van der Waals surface area contributed by atoms with Crippen LogP contribution in [0.1, 0.15) is 13.8 Å². The molecule has 16 heteroatoms. The van der Waals surface area contributed by atoms with E-state index < -0.39 is 54.8 Å². The molecule has 1 saturated heterocycles. The second-order valence-electron chi connectivity index (χ2n) is 9.64. The Kier molecular flexibility index (Phi) is 10.1. The molecule has 0 bridgehead atoms. The average Bonchev–Trinajstić information content (AvgIpc) is 3.47. The van der Waals surface area contributed by atoms with Gasteiger partial charge in [0.2, 0.25) is 6.29 Å². The van der Waals surface area contributed by atoms with E-state index >= 15 is 0 Å². The number of hydrogen-bond donors (Lipinski definition) is 0. The first-order valence-corrected chi connectivity index (χ1v) is 13.3. The second kappa shape index (κ2) is 13.4. The van der Waals surface area contributed by atoms with Crippen LogP contribution in [0.2, 0.25) is 0 Å². The van der Waals surface area contributed by atoms with Gasteiger partial charge in [0.05, 0.1) is 11.8 Å². The zero-order chi connectivity index (χ0) is 32.2. The van der Waals surface area contributed by atoms with Gasteiger partial charge in [-0.05, 0) is 62.4 Å². The number of ether oxygens (including phenoxy) is 6. The van der Waals surface area contributed by atoms with E-state index in [2.05, 4.69) is 14.8 Å². The molecule has 11 nitrogen and oxygen atoms in total. The Morgan fingerprint density at radius 3 is 2.18 bits per heavy atom. The summed E-state index contributed by atoms with van der Waals surface area (Å²) >= 11 is 0. The summed E-state index contributed by atoms with van der Waals surface area (Å²) in [7, 11) is 4.52. The van der Waals surface area contributed by atoms with Crippen molar-refractivity contribution >= 4 is 11.8 Å². The number of nitrogens with zero attached hydrogens (tertiary/aromatic N) is 4. The van der Waals surface area contributed by atoms with Crippen LogP contribution in [0.4, 0.5) is 32.4 Å². The Labute approximate surface area is 249 Å². The minimum Gasteiger partial charge on any atom is -0.426 e. The van der Waals surface area contributed by atoms with Gasteiger partial charge in [-0.1, -0.05) is 0 Å². The Morgan fingerprint density at radius 2 is 1.61 bits per heavy atom. The van der Waals surface area contributed by atoms with E-state index in [1.165, 1.54) is 49.3 Å². The third-order valence-corrected chi connectivity index (χ3v) is 6.80. The first kappa shape index (κ1) is 33.0. The monoisotopic (exact) mass is 630 g/mol. The number of alkyl halides is 5. The predicted molar refractivity (Wildman–Crippen MR) is 145 cm³/mol. The highest BCUT2D eigenvalue weighted by atomic mass is 19.4. The summed E-state index contributed by atoms with van der Waals surface area (Å²) in [4.78, 5) is 18.5. The van der Waals surface area contributed by atoms with Gasteiger partial charge in [0.25, 0.3) is 0 Å². The van der Waals surface area contributed by atoms with Gasteiger partial charge in [0.1, 0.15) is 30.4 Å². The van der Waals surface area contributed by atoms with Gasteiger partial charge in [0, 0.05) is 39.1 Å². The number of carbonyl (C=O) groups excluding carboxylic acids is 1. The van der Waals surface area contributed by atoms with E-state index in [1.54, 1.807) is 31.2 Å². The lowest BCUT2D eigenvalue weighted by atomic mass is 9.99. The summed E-state index contributed by atoms with van der Waals surface area (Å²) in [6, 6.07) is 11.0. The lowest BCUT2D eigenvalue weighted by molar-refractivity contribution is -0.360. The van der Waals surface area contributed by atoms with E-state index in [0.717, 1.165) is 12.1 Å². The fourth-order valence-electron chi connectivity index (χ4n) is 4.53. The molecule has 1 amide bonds. The summed E-state index contributed by atoms with van der Waals surface area (Å²) in [6.07, 6.45) is -13.7. The number of amides is 1. The third kappa shape index (κ3) is 7.09. The average molecular weight is 631 g/mol. The minimum absolute atomic E-state index is 0.285. The number of methoxy groups -OCH3 is 2. The topological polar surface area (TPSA) is 106 Å². The Morgan fingerprint density at radius 1 is 0.977 bits per heavy atom. The standard InChI is InChI=1S/C28H31F5N4O7/c1-6-41-22-21(39-4)16(2)42-25(23(22)40-5)43-26(38)36(3)18-9-7-17(8-10-18)24-34-15-37(35-24)19-11-13-20(14-12-19)44-28(32,33)27(29,30)31/h7-16,21-23,25H,6H2,1-5H3/t16-,21-,22+,23+,25-/m0/s1. The number of aromatic nitrogens is 3. The van der Waals surface area contributed by atoms with Crippen molar-refractivity contribution in [2.24, 2.45) is 0 Å². The Hall–Kier alpha value is -3.86. The molecule has 0 spiro atoms. The molecule has 1 aliphatic heterocycles. The number of carbonyl (C=O) groups is 1. The van der Waals surface area contributed by atoms with Gasteiger partial charge < -0.3 is 28.4 Å². The van der Waals surface area contributed by atoms with Crippen LogP contribution in [0.3, 0.4) is 0 Å². The first-order valence-electron chi connectivity index (χ1n) is 13.3. The predicted octanol–water partition coefficient (Wildman–Crippen LogP) is 5.22. The maximum atomic E-state index is 13.1. The molecule has 5 atom stereocenters. The van der Waals surface area contributed by atoms with E-state index in [9.17, 15) is 26.7 Å². The van der Waals surface area contributed by atoms with Crippen LogP contribution in [-0.2, 0) is 23.7 Å². The lowest BCUT2D eigenvalue weighted by Gasteiger charge is -2.43. The maximum Gasteiger partial charge on any atom is 0.499 e. The van der Waals surface area contributed by atoms with Gasteiger partial charge in [-0.25, -0.2) is 14.5 Å². The molecule has 0 saturated carbocycles. The molecular weight excluding hydrogens is 599 g/mol. The van der Waals surface area contributed by atoms with Crippen molar-refractivity contribution in [1.82, 2.24) is 14.8 Å². The molecule has 4 rings (SSSR count). The molecule has 44 heavy (non-hydrogen) atoms. The number of halogens is 5. The molecule has 2 heterocycles. The summed E-state index contributed by atoms with van der Waals surface area (Å²) in [5, 5.41) is 4.32. The number of rotatable bonds is 10. The zero-order valence-electron chi connectivity index (χ0n) is 24.3. The molecule has 1 aliphatic rings. The summed E-state index contributed by atoms with van der Waals surface area (Å²) < 4.78 is 97.0. The molecule has 2 aromatic carbocycles. The molecule has 1 aromatic heterocycles. The van der Waals surface area contributed by atoms with Gasteiger partial charge in [-0.3, -0.25) is 4.90 Å². The number of benzene rings is 2. The maximum absolute atomic E-state index is 13.1. The van der Waals surface area contributed by atoms with Crippen LogP contribution < -0.4 is 9.64 Å². The van der Waals surface area contributed by atoms with Crippen LogP contribution in [0.15, 0.2) is 54.9 Å². The molecule has 0 unspecified atom stereocenters. The van der Waals surface area contributed by atoms with E-state index in [-0.39, 0.29) is 5.82 Å². The van der Waals surface area contributed by atoms with Crippen LogP contribution in [0.5, 0.6) is 5.75 Å². The summed E-state index contributed by atoms with van der Waals surface area (Å²) in [6.45, 7) is 4.01. The summed E-state index contributed by atoms with van der Waals surface area (Å²) in [5.41, 5.74) is 1.40. The highest BCUT2D eigenvalue weighted by molar-refractivity contribution is 5.87. The zero-order valence-corrected chi connectivity index (χ0v) is 24.3. The van der Waals surface area contributed by atoms with Crippen molar-refractivity contribution in [3.8, 4) is 22.8 Å². The molecule has 0 N–H and O–H groups in total. The van der Waals surface area contributed by atoms with Gasteiger partial charge in [-0.15, -0.1) is 5.10 Å². The van der Waals surface area contributed by atoms with Crippen molar-refractivity contribution in [2.75, 3.05) is 32.8 Å². The normalized spacial score (nSPS) is 22.5. The van der Waals surface area contributed by atoms with E-state index in [0.29, 0.717) is 23.5 Å². The molecule has 1 fully saturated rings. The van der Waals surface area contributed by atoms with E-state index in [4.69, 9.17) is 23.7 Å². The van der Waals surface area contributed by atoms with Gasteiger partial charge >= 0.3 is 18.4 Å². The van der Waals surface area contributed by atoms with Crippen molar-refractivity contribution < 1.29 is 55.2 Å². The third-order valence-electron chi connectivity index (χ3n) is 6.80. The smallest absolute Gasteiger partial charge is 0.426 e. The van der Waals surface area contributed by atoms with Crippen molar-refractivity contribution in [3.63, 3.8) is 0 Å². The van der Waals surface area contributed by atoms with Gasteiger partial charge in [-0.2, -0.15) is 22.0 Å². The minimum atomic E-state index is -5.85. The molecule has 0 radical (unpaired) electrons. The molecule has 3 aromatic rings. The van der Waals surface area contributed by atoms with Crippen molar-refractivity contribution in [3.05, 3.63) is 54.9 Å². The SMILES string of the molecule is CCO[C@@H]1[C@@H](OC)[C@H](C)O[C@@H](OC(=O)N(C)c2ccc(-c3ncn(-c4ccc(OC(F)(F)C(F)(F)F)cc4)n3)cc2)[C@@H]1OC. The van der Waals surface area contributed by atoms with Crippen LogP contribution in [0.25, 0.3) is 17.1 Å². The fourth-order valence-corrected chi connectivity index (χ4v) is 4.53. The largest absolute Gasteiger partial charge is 0.499 e. The first-order chi connectivity index (χ1) is 20.8. The molecule has 240 valence electrons. The highest BCUT2D eigenvalue weighted by Gasteiger charge is 2.61. The van der Waals surface area contributed by atoms with Crippen LogP contribution in [-0.4, -0.2) is 91.7 Å². The Balaban J connectivity index is 1.41. The fraction of sp³-hybridized carbons (Fsp3) is 0.464. The van der Waals surface area contributed by atoms with Gasteiger partial charge in [0.15, 0.2) is 5.82 Å². The van der Waals surface area contributed by atoms with Crippen LogP contribution >= 0.6 is 0 Å². The second-order valence-corrected chi connectivity index (χ2v) is 9.64. The van der Waals surface area contributed by atoms with E-state index in [1.807, 2.05) is 6.92 Å². The molecule has 0 aliphatic carbocycles. The number of hydrogen-bond acceptors (Lipinski definition) is 9.